The smallest absolute Gasteiger partial charge is 0.204 e. The van der Waals surface area contributed by atoms with Crippen molar-refractivity contribution in [3.8, 4) is 6.07 Å². The molecule has 3 nitrogen and oxygen atoms in total. The minimum atomic E-state index is 0.484. The summed E-state index contributed by atoms with van der Waals surface area (Å²) in [6.07, 6.45) is 1.68. The molecular formula is C10H8N3+. The van der Waals surface area contributed by atoms with Crippen LogP contribution in [0.1, 0.15) is 5.69 Å². The average molecular weight is 170 g/mol. The molecule has 0 aliphatic heterocycles. The first-order chi connectivity index (χ1) is 6.33. The van der Waals surface area contributed by atoms with Crippen molar-refractivity contribution in [1.29, 1.82) is 5.26 Å². The zero-order chi connectivity index (χ0) is 9.26. The third-order valence-corrected chi connectivity index (χ3v) is 1.99. The van der Waals surface area contributed by atoms with Gasteiger partial charge in [0.2, 0.25) is 6.20 Å². The number of hydrogen-bond donors (Lipinski definition) is 1. The Hall–Kier alpha value is -2.08. The van der Waals surface area contributed by atoms with E-state index in [1.54, 1.807) is 6.20 Å². The van der Waals surface area contributed by atoms with E-state index < -0.39 is 0 Å². The summed E-state index contributed by atoms with van der Waals surface area (Å²) in [6, 6.07) is 11.6. The van der Waals surface area contributed by atoms with Gasteiger partial charge in [0.25, 0.3) is 0 Å². The number of fused-ring (bicyclic) bond motifs is 1. The van der Waals surface area contributed by atoms with Gasteiger partial charge >= 0.3 is 5.69 Å². The molecule has 1 heterocycles. The molecule has 0 aliphatic carbocycles. The fourth-order valence-corrected chi connectivity index (χ4v) is 1.35. The number of aromatic nitrogens is 1. The monoisotopic (exact) mass is 170 g/mol. The Kier molecular flexibility index (Phi) is 1.60. The maximum absolute atomic E-state index is 8.87. The molecule has 13 heavy (non-hydrogen) atoms. The van der Waals surface area contributed by atoms with Crippen molar-refractivity contribution in [1.82, 2.24) is 0 Å². The van der Waals surface area contributed by atoms with Crippen LogP contribution in [0.25, 0.3) is 10.8 Å². The summed E-state index contributed by atoms with van der Waals surface area (Å²) in [6.45, 7) is 0. The lowest BCUT2D eigenvalue weighted by Crippen LogP contribution is -2.47. The molecule has 0 atom stereocenters. The van der Waals surface area contributed by atoms with Crippen LogP contribution in [0, 0.1) is 11.3 Å². The highest BCUT2D eigenvalue weighted by atomic mass is 15.3. The van der Waals surface area contributed by atoms with Crippen LogP contribution in [0.2, 0.25) is 0 Å². The van der Waals surface area contributed by atoms with E-state index in [4.69, 9.17) is 11.1 Å². The van der Waals surface area contributed by atoms with Crippen molar-refractivity contribution < 1.29 is 4.68 Å². The van der Waals surface area contributed by atoms with E-state index in [-0.39, 0.29) is 0 Å². The zero-order valence-corrected chi connectivity index (χ0v) is 6.94. The summed E-state index contributed by atoms with van der Waals surface area (Å²) in [5, 5.41) is 10.8. The van der Waals surface area contributed by atoms with Crippen LogP contribution < -0.4 is 10.5 Å². The van der Waals surface area contributed by atoms with E-state index in [2.05, 4.69) is 6.07 Å². The topological polar surface area (TPSA) is 53.7 Å². The van der Waals surface area contributed by atoms with Crippen molar-refractivity contribution in [2.45, 2.75) is 0 Å². The van der Waals surface area contributed by atoms with Gasteiger partial charge in [-0.2, -0.15) is 5.26 Å². The lowest BCUT2D eigenvalue weighted by molar-refractivity contribution is -0.640. The quantitative estimate of drug-likeness (QED) is 0.467. The minimum absolute atomic E-state index is 0.484. The second-order valence-corrected chi connectivity index (χ2v) is 2.77. The van der Waals surface area contributed by atoms with Gasteiger partial charge in [0.1, 0.15) is 0 Å². The number of rotatable bonds is 0. The molecule has 0 bridgehead atoms. The lowest BCUT2D eigenvalue weighted by Gasteiger charge is -1.95. The highest BCUT2D eigenvalue weighted by molar-refractivity contribution is 5.84. The molecule has 2 aromatic rings. The first-order valence-corrected chi connectivity index (χ1v) is 3.91. The van der Waals surface area contributed by atoms with Gasteiger partial charge in [-0.25, -0.2) is 5.84 Å². The van der Waals surface area contributed by atoms with E-state index in [9.17, 15) is 0 Å². The van der Waals surface area contributed by atoms with Gasteiger partial charge < -0.3 is 0 Å². The van der Waals surface area contributed by atoms with E-state index >= 15 is 0 Å². The van der Waals surface area contributed by atoms with E-state index in [0.717, 1.165) is 10.8 Å². The molecule has 0 radical (unpaired) electrons. The highest BCUT2D eigenvalue weighted by Crippen LogP contribution is 2.13. The van der Waals surface area contributed by atoms with Crippen molar-refractivity contribution in [3.05, 3.63) is 42.2 Å². The summed E-state index contributed by atoms with van der Waals surface area (Å²) in [7, 11) is 0. The Morgan fingerprint density at radius 3 is 2.77 bits per heavy atom. The van der Waals surface area contributed by atoms with Crippen LogP contribution in [0.4, 0.5) is 0 Å². The predicted octanol–water partition coefficient (Wildman–Crippen LogP) is 0.713. The van der Waals surface area contributed by atoms with Crippen LogP contribution in [0.3, 0.4) is 0 Å². The van der Waals surface area contributed by atoms with Gasteiger partial charge in [-0.1, -0.05) is 22.9 Å². The predicted molar refractivity (Wildman–Crippen MR) is 49.0 cm³/mol. The molecular weight excluding hydrogens is 162 g/mol. The summed E-state index contributed by atoms with van der Waals surface area (Å²) in [5.41, 5.74) is 0.484. The third kappa shape index (κ3) is 1.09. The van der Waals surface area contributed by atoms with E-state index in [1.165, 1.54) is 4.68 Å². The molecule has 1 aromatic heterocycles. The minimum Gasteiger partial charge on any atom is -0.204 e. The van der Waals surface area contributed by atoms with E-state index in [0.29, 0.717) is 5.69 Å². The molecule has 0 amide bonds. The molecule has 0 aliphatic rings. The van der Waals surface area contributed by atoms with Crippen LogP contribution >= 0.6 is 0 Å². The molecule has 2 rings (SSSR count). The second-order valence-electron chi connectivity index (χ2n) is 2.77. The molecule has 3 heteroatoms. The maximum atomic E-state index is 8.87. The number of nitrogens with two attached hydrogens (primary N) is 1. The number of nitrogens with zero attached hydrogens (tertiary/aromatic N) is 2. The summed E-state index contributed by atoms with van der Waals surface area (Å²) >= 11 is 0. The summed E-state index contributed by atoms with van der Waals surface area (Å²) in [4.78, 5) is 0. The fourth-order valence-electron chi connectivity index (χ4n) is 1.35. The molecule has 0 spiro atoms. The van der Waals surface area contributed by atoms with Crippen molar-refractivity contribution in [3.63, 3.8) is 0 Å². The normalized spacial score (nSPS) is 9.77. The molecule has 62 valence electrons. The second kappa shape index (κ2) is 2.76. The van der Waals surface area contributed by atoms with Crippen molar-refractivity contribution in [2.75, 3.05) is 5.84 Å². The van der Waals surface area contributed by atoms with Crippen LogP contribution in [0.5, 0.6) is 0 Å². The number of nitriles is 1. The molecule has 0 unspecified atom stereocenters. The number of pyridine rings is 1. The van der Waals surface area contributed by atoms with Crippen molar-refractivity contribution >= 4 is 10.8 Å². The van der Waals surface area contributed by atoms with E-state index in [1.807, 2.05) is 30.3 Å². The Bertz CT molecular complexity index is 497. The molecule has 1 aromatic carbocycles. The number of nitrogen functional groups attached to an aromatic ring is 1. The van der Waals surface area contributed by atoms with Gasteiger partial charge in [0.15, 0.2) is 6.07 Å². The highest BCUT2D eigenvalue weighted by Gasteiger charge is 2.10. The lowest BCUT2D eigenvalue weighted by atomic mass is 10.1. The Morgan fingerprint density at radius 2 is 2.00 bits per heavy atom. The molecule has 0 fully saturated rings. The first kappa shape index (κ1) is 7.56. The molecule has 2 N–H and O–H groups in total. The number of benzene rings is 1. The third-order valence-electron chi connectivity index (χ3n) is 1.99. The van der Waals surface area contributed by atoms with Crippen LogP contribution in [-0.4, -0.2) is 0 Å². The summed E-state index contributed by atoms with van der Waals surface area (Å²) in [5.74, 6) is 5.59. The Morgan fingerprint density at radius 1 is 1.23 bits per heavy atom. The SMILES string of the molecule is N#Cc1c2ccccc2cc[n+]1N. The van der Waals surface area contributed by atoms with Crippen LogP contribution in [0.15, 0.2) is 36.5 Å². The van der Waals surface area contributed by atoms with Gasteiger partial charge in [-0.3, -0.25) is 0 Å². The van der Waals surface area contributed by atoms with Crippen molar-refractivity contribution in [2.24, 2.45) is 0 Å². The van der Waals surface area contributed by atoms with Gasteiger partial charge in [-0.05, 0) is 11.5 Å². The average Bonchev–Trinajstić information content (AvgIpc) is 2.18. The number of hydrogen-bond acceptors (Lipinski definition) is 2. The maximum Gasteiger partial charge on any atom is 0.319 e. The molecule has 0 saturated heterocycles. The molecule has 0 saturated carbocycles. The van der Waals surface area contributed by atoms with Crippen LogP contribution in [-0.2, 0) is 0 Å². The Labute approximate surface area is 75.6 Å². The largest absolute Gasteiger partial charge is 0.319 e. The standard InChI is InChI=1S/C10H8N3/c11-7-10-9-4-2-1-3-8(9)5-6-13(10)12/h1-6H,12H2/q+1. The first-order valence-electron chi connectivity index (χ1n) is 3.91. The van der Waals surface area contributed by atoms with Gasteiger partial charge in [0, 0.05) is 6.07 Å². The Balaban J connectivity index is 2.94. The zero-order valence-electron chi connectivity index (χ0n) is 6.94. The fraction of sp³-hybridized carbons (Fsp3) is 0. The van der Waals surface area contributed by atoms with Gasteiger partial charge in [-0.15, -0.1) is 0 Å². The summed E-state index contributed by atoms with van der Waals surface area (Å²) < 4.78 is 1.34. The van der Waals surface area contributed by atoms with Gasteiger partial charge in [0.05, 0.1) is 5.39 Å².